The third-order valence-corrected chi connectivity index (χ3v) is 1.50. The number of rotatable bonds is 2. The molecule has 0 aromatic carbocycles. The molecule has 50 valence electrons. The third-order valence-electron chi connectivity index (χ3n) is 1.21. The monoisotopic (exact) mass is 145 g/mol. The van der Waals surface area contributed by atoms with Crippen molar-refractivity contribution in [2.75, 3.05) is 0 Å². The molecule has 1 aromatic rings. The highest BCUT2D eigenvalue weighted by Crippen LogP contribution is 2.09. The van der Waals surface area contributed by atoms with Crippen molar-refractivity contribution in [3.63, 3.8) is 0 Å². The van der Waals surface area contributed by atoms with E-state index in [1.165, 1.54) is 0 Å². The number of alkyl halides is 1. The molecule has 0 aliphatic heterocycles. The molecule has 0 bridgehead atoms. The number of hydrogen-bond acceptors (Lipinski definition) is 2. The molecule has 0 fully saturated rings. The van der Waals surface area contributed by atoms with Gasteiger partial charge in [-0.05, 0) is 6.42 Å². The highest BCUT2D eigenvalue weighted by Gasteiger charge is 2.01. The van der Waals surface area contributed by atoms with Gasteiger partial charge < -0.3 is 4.52 Å². The first-order chi connectivity index (χ1) is 4.38. The van der Waals surface area contributed by atoms with E-state index < -0.39 is 0 Å². The summed E-state index contributed by atoms with van der Waals surface area (Å²) in [5.41, 5.74) is 1.96. The van der Waals surface area contributed by atoms with Gasteiger partial charge in [0.25, 0.3) is 0 Å². The Kier molecular flexibility index (Phi) is 2.11. The number of nitrogens with zero attached hydrogens (tertiary/aromatic N) is 1. The van der Waals surface area contributed by atoms with E-state index in [9.17, 15) is 0 Å². The Labute approximate surface area is 58.8 Å². The lowest BCUT2D eigenvalue weighted by atomic mass is 10.2. The molecular formula is C6H8ClNO. The van der Waals surface area contributed by atoms with Gasteiger partial charge >= 0.3 is 0 Å². The van der Waals surface area contributed by atoms with Gasteiger partial charge in [0.15, 0.2) is 0 Å². The van der Waals surface area contributed by atoms with Crippen LogP contribution in [-0.4, -0.2) is 5.16 Å². The summed E-state index contributed by atoms with van der Waals surface area (Å²) >= 11 is 5.55. The lowest BCUT2D eigenvalue weighted by Crippen LogP contribution is -1.83. The van der Waals surface area contributed by atoms with Gasteiger partial charge in [0.1, 0.15) is 6.26 Å². The fourth-order valence-corrected chi connectivity index (χ4v) is 0.898. The van der Waals surface area contributed by atoms with E-state index in [1.807, 2.05) is 6.92 Å². The van der Waals surface area contributed by atoms with E-state index in [1.54, 1.807) is 6.26 Å². The van der Waals surface area contributed by atoms with Gasteiger partial charge in [0, 0.05) is 5.56 Å². The zero-order valence-electron chi connectivity index (χ0n) is 5.22. The van der Waals surface area contributed by atoms with Crippen molar-refractivity contribution in [1.29, 1.82) is 0 Å². The first-order valence-electron chi connectivity index (χ1n) is 2.86. The van der Waals surface area contributed by atoms with Crippen LogP contribution in [0.3, 0.4) is 0 Å². The smallest absolute Gasteiger partial charge is 0.128 e. The maximum Gasteiger partial charge on any atom is 0.128 e. The second kappa shape index (κ2) is 2.87. The predicted octanol–water partition coefficient (Wildman–Crippen LogP) is 1.98. The highest BCUT2D eigenvalue weighted by atomic mass is 35.5. The largest absolute Gasteiger partial charge is 0.364 e. The molecule has 0 atom stereocenters. The molecule has 1 heterocycles. The molecule has 0 aliphatic carbocycles. The van der Waals surface area contributed by atoms with Gasteiger partial charge in [0.05, 0.1) is 11.6 Å². The molecule has 9 heavy (non-hydrogen) atoms. The van der Waals surface area contributed by atoms with Crippen LogP contribution in [-0.2, 0) is 12.3 Å². The molecule has 3 heteroatoms. The molecule has 0 spiro atoms. The van der Waals surface area contributed by atoms with E-state index in [4.69, 9.17) is 16.1 Å². The fraction of sp³-hybridized carbons (Fsp3) is 0.500. The molecule has 0 radical (unpaired) electrons. The van der Waals surface area contributed by atoms with Gasteiger partial charge in [-0.1, -0.05) is 12.1 Å². The van der Waals surface area contributed by atoms with Crippen LogP contribution in [0.25, 0.3) is 0 Å². The summed E-state index contributed by atoms with van der Waals surface area (Å²) in [6.45, 7) is 2.02. The Balaban J connectivity index is 2.85. The van der Waals surface area contributed by atoms with Crippen molar-refractivity contribution >= 4 is 11.6 Å². The maximum atomic E-state index is 5.55. The minimum absolute atomic E-state index is 0.493. The quantitative estimate of drug-likeness (QED) is 0.595. The van der Waals surface area contributed by atoms with Crippen LogP contribution >= 0.6 is 11.6 Å². The highest BCUT2D eigenvalue weighted by molar-refractivity contribution is 6.17. The SMILES string of the molecule is CCc1nocc1CCl. The molecule has 0 saturated heterocycles. The average Bonchev–Trinajstić information content (AvgIpc) is 2.33. The first kappa shape index (κ1) is 6.62. The van der Waals surface area contributed by atoms with E-state index >= 15 is 0 Å². The van der Waals surface area contributed by atoms with Crippen LogP contribution in [0, 0.1) is 0 Å². The summed E-state index contributed by atoms with van der Waals surface area (Å²) < 4.78 is 4.69. The third kappa shape index (κ3) is 1.24. The second-order valence-electron chi connectivity index (χ2n) is 1.77. The minimum atomic E-state index is 0.493. The standard InChI is InChI=1S/C6H8ClNO/c1-2-6-5(3-7)4-9-8-6/h4H,2-3H2,1H3. The Morgan fingerprint density at radius 2 is 2.56 bits per heavy atom. The van der Waals surface area contributed by atoms with Crippen molar-refractivity contribution in [1.82, 2.24) is 5.16 Å². The maximum absolute atomic E-state index is 5.55. The van der Waals surface area contributed by atoms with Crippen LogP contribution in [0.2, 0.25) is 0 Å². The van der Waals surface area contributed by atoms with Gasteiger partial charge in [-0.15, -0.1) is 11.6 Å². The summed E-state index contributed by atoms with van der Waals surface area (Å²) in [6.07, 6.45) is 2.48. The van der Waals surface area contributed by atoms with Crippen molar-refractivity contribution < 1.29 is 4.52 Å². The lowest BCUT2D eigenvalue weighted by Gasteiger charge is -1.87. The number of aryl methyl sites for hydroxylation is 1. The van der Waals surface area contributed by atoms with Crippen LogP contribution < -0.4 is 0 Å². The summed E-state index contributed by atoms with van der Waals surface area (Å²) in [7, 11) is 0. The summed E-state index contributed by atoms with van der Waals surface area (Å²) in [5.74, 6) is 0.493. The van der Waals surface area contributed by atoms with E-state index in [2.05, 4.69) is 5.16 Å². The first-order valence-corrected chi connectivity index (χ1v) is 3.40. The molecule has 1 rings (SSSR count). The Morgan fingerprint density at radius 1 is 1.78 bits per heavy atom. The van der Waals surface area contributed by atoms with Crippen molar-refractivity contribution in [3.8, 4) is 0 Å². The van der Waals surface area contributed by atoms with Crippen molar-refractivity contribution in [2.24, 2.45) is 0 Å². The Bertz CT molecular complexity index is 166. The number of aromatic nitrogens is 1. The van der Waals surface area contributed by atoms with Crippen LogP contribution in [0.4, 0.5) is 0 Å². The second-order valence-corrected chi connectivity index (χ2v) is 2.04. The predicted molar refractivity (Wildman–Crippen MR) is 35.4 cm³/mol. The van der Waals surface area contributed by atoms with Crippen LogP contribution in [0.1, 0.15) is 18.2 Å². The van der Waals surface area contributed by atoms with Crippen LogP contribution in [0.5, 0.6) is 0 Å². The Morgan fingerprint density at radius 3 is 3.00 bits per heavy atom. The summed E-state index contributed by atoms with van der Waals surface area (Å²) in [4.78, 5) is 0. The van der Waals surface area contributed by atoms with E-state index in [-0.39, 0.29) is 0 Å². The Hall–Kier alpha value is -0.500. The molecule has 0 unspecified atom stereocenters. The van der Waals surface area contributed by atoms with Gasteiger partial charge in [-0.2, -0.15) is 0 Å². The van der Waals surface area contributed by atoms with Gasteiger partial charge in [-0.25, -0.2) is 0 Å². The summed E-state index contributed by atoms with van der Waals surface area (Å²) in [6, 6.07) is 0. The molecule has 0 saturated carbocycles. The lowest BCUT2D eigenvalue weighted by molar-refractivity contribution is 0.412. The normalized spacial score (nSPS) is 10.0. The summed E-state index contributed by atoms with van der Waals surface area (Å²) in [5, 5.41) is 3.75. The van der Waals surface area contributed by atoms with E-state index in [0.29, 0.717) is 5.88 Å². The minimum Gasteiger partial charge on any atom is -0.364 e. The molecule has 1 aromatic heterocycles. The fourth-order valence-electron chi connectivity index (χ4n) is 0.680. The number of hydrogen-bond donors (Lipinski definition) is 0. The van der Waals surface area contributed by atoms with Crippen molar-refractivity contribution in [3.05, 3.63) is 17.5 Å². The number of halogens is 1. The zero-order chi connectivity index (χ0) is 6.69. The average molecular weight is 146 g/mol. The molecule has 0 N–H and O–H groups in total. The zero-order valence-corrected chi connectivity index (χ0v) is 5.98. The topological polar surface area (TPSA) is 26.0 Å². The molecular weight excluding hydrogens is 138 g/mol. The molecule has 0 amide bonds. The van der Waals surface area contributed by atoms with Crippen LogP contribution in [0.15, 0.2) is 10.8 Å². The van der Waals surface area contributed by atoms with Gasteiger partial charge in [-0.3, -0.25) is 0 Å². The molecule has 0 aliphatic rings. The molecule has 2 nitrogen and oxygen atoms in total. The van der Waals surface area contributed by atoms with Crippen molar-refractivity contribution in [2.45, 2.75) is 19.2 Å². The van der Waals surface area contributed by atoms with Gasteiger partial charge in [0.2, 0.25) is 0 Å². The van der Waals surface area contributed by atoms with E-state index in [0.717, 1.165) is 17.7 Å².